The number of nitrogens with zero attached hydrogens (tertiary/aromatic N) is 1. The predicted molar refractivity (Wildman–Crippen MR) is 87.6 cm³/mol. The first kappa shape index (κ1) is 15.5. The summed E-state index contributed by atoms with van der Waals surface area (Å²) in [5.74, 6) is 0. The van der Waals surface area contributed by atoms with Gasteiger partial charge in [0.1, 0.15) is 0 Å². The van der Waals surface area contributed by atoms with E-state index in [0.717, 1.165) is 0 Å². The second kappa shape index (κ2) is 6.25. The van der Waals surface area contributed by atoms with Crippen molar-refractivity contribution in [1.29, 1.82) is 0 Å². The largest absolute Gasteiger partial charge is 0.326 e. The van der Waals surface area contributed by atoms with Gasteiger partial charge in [-0.3, -0.25) is 4.90 Å². The van der Waals surface area contributed by atoms with E-state index < -0.39 is 0 Å². The van der Waals surface area contributed by atoms with Gasteiger partial charge in [0, 0.05) is 10.9 Å². The fraction of sp³-hybridized carbons (Fsp3) is 0.733. The standard InChI is InChI=1S/C15H25BrN2S/c1-4-15(3)7-9-18(10-8-15)14(11(2)17)12-5-6-13(16)19-12/h5-6,11,14H,4,7-10,17H2,1-3H3. The fourth-order valence-corrected chi connectivity index (χ4v) is 4.63. The lowest BCUT2D eigenvalue weighted by molar-refractivity contribution is 0.0735. The number of nitrogens with two attached hydrogens (primary N) is 1. The van der Waals surface area contributed by atoms with Gasteiger partial charge in [0.25, 0.3) is 0 Å². The molecule has 1 aromatic rings. The molecule has 1 aliphatic heterocycles. The number of piperidine rings is 1. The maximum atomic E-state index is 6.26. The molecule has 2 atom stereocenters. The van der Waals surface area contributed by atoms with Crippen molar-refractivity contribution < 1.29 is 0 Å². The molecular formula is C15H25BrN2S. The first-order chi connectivity index (χ1) is 8.95. The summed E-state index contributed by atoms with van der Waals surface area (Å²) < 4.78 is 1.20. The normalized spacial score (nSPS) is 23.2. The van der Waals surface area contributed by atoms with Crippen LogP contribution in [0.15, 0.2) is 15.9 Å². The van der Waals surface area contributed by atoms with Crippen molar-refractivity contribution in [2.24, 2.45) is 11.1 Å². The van der Waals surface area contributed by atoms with Crippen LogP contribution in [-0.4, -0.2) is 24.0 Å². The van der Waals surface area contributed by atoms with Crippen LogP contribution in [0.1, 0.15) is 51.0 Å². The lowest BCUT2D eigenvalue weighted by Gasteiger charge is -2.43. The molecule has 0 aromatic carbocycles. The Hall–Kier alpha value is 0.1000. The van der Waals surface area contributed by atoms with Crippen LogP contribution in [0.3, 0.4) is 0 Å². The van der Waals surface area contributed by atoms with Crippen molar-refractivity contribution in [3.63, 3.8) is 0 Å². The zero-order chi connectivity index (χ0) is 14.0. The number of halogens is 1. The van der Waals surface area contributed by atoms with Gasteiger partial charge in [-0.05, 0) is 66.3 Å². The van der Waals surface area contributed by atoms with Gasteiger partial charge in [-0.2, -0.15) is 0 Å². The van der Waals surface area contributed by atoms with Gasteiger partial charge in [-0.1, -0.05) is 20.3 Å². The van der Waals surface area contributed by atoms with Gasteiger partial charge in [-0.15, -0.1) is 11.3 Å². The van der Waals surface area contributed by atoms with E-state index in [0.29, 0.717) is 11.5 Å². The van der Waals surface area contributed by atoms with Gasteiger partial charge in [0.15, 0.2) is 0 Å². The Balaban J connectivity index is 2.10. The lowest BCUT2D eigenvalue weighted by atomic mass is 9.77. The summed E-state index contributed by atoms with van der Waals surface area (Å²) in [7, 11) is 0. The van der Waals surface area contributed by atoms with Crippen molar-refractivity contribution in [3.05, 3.63) is 20.8 Å². The third kappa shape index (κ3) is 3.60. The van der Waals surface area contributed by atoms with Crippen LogP contribution >= 0.6 is 27.3 Å². The Kier molecular flexibility index (Phi) is 5.09. The van der Waals surface area contributed by atoms with E-state index in [-0.39, 0.29) is 6.04 Å². The molecule has 1 aliphatic rings. The monoisotopic (exact) mass is 344 g/mol. The summed E-state index contributed by atoms with van der Waals surface area (Å²) in [6.07, 6.45) is 3.87. The third-order valence-corrected chi connectivity index (χ3v) is 6.33. The number of thiophene rings is 1. The quantitative estimate of drug-likeness (QED) is 0.876. The molecule has 2 N–H and O–H groups in total. The lowest BCUT2D eigenvalue weighted by Crippen LogP contribution is -2.45. The van der Waals surface area contributed by atoms with Gasteiger partial charge >= 0.3 is 0 Å². The summed E-state index contributed by atoms with van der Waals surface area (Å²) in [5.41, 5.74) is 6.80. The molecule has 0 spiro atoms. The van der Waals surface area contributed by atoms with Crippen LogP contribution < -0.4 is 5.73 Å². The Morgan fingerprint density at radius 2 is 2.05 bits per heavy atom. The molecule has 2 heterocycles. The fourth-order valence-electron chi connectivity index (χ4n) is 2.95. The molecule has 0 aliphatic carbocycles. The summed E-state index contributed by atoms with van der Waals surface area (Å²) >= 11 is 5.38. The van der Waals surface area contributed by atoms with Crippen molar-refractivity contribution in [2.45, 2.75) is 52.1 Å². The number of hydrogen-bond acceptors (Lipinski definition) is 3. The summed E-state index contributed by atoms with van der Waals surface area (Å²) in [4.78, 5) is 3.97. The second-order valence-electron chi connectivity index (χ2n) is 6.15. The molecule has 1 aromatic heterocycles. The van der Waals surface area contributed by atoms with E-state index in [2.05, 4.69) is 53.7 Å². The van der Waals surface area contributed by atoms with Crippen molar-refractivity contribution in [3.8, 4) is 0 Å². The van der Waals surface area contributed by atoms with E-state index >= 15 is 0 Å². The molecule has 1 fully saturated rings. The smallest absolute Gasteiger partial charge is 0.0702 e. The Labute approximate surface area is 129 Å². The minimum atomic E-state index is 0.177. The molecular weight excluding hydrogens is 320 g/mol. The van der Waals surface area contributed by atoms with Gasteiger partial charge in [0.2, 0.25) is 0 Å². The number of rotatable bonds is 4. The Bertz CT molecular complexity index is 408. The van der Waals surface area contributed by atoms with E-state index in [1.165, 1.54) is 41.0 Å². The maximum Gasteiger partial charge on any atom is 0.0702 e. The van der Waals surface area contributed by atoms with Crippen molar-refractivity contribution in [2.75, 3.05) is 13.1 Å². The predicted octanol–water partition coefficient (Wildman–Crippen LogP) is 4.41. The molecule has 2 nitrogen and oxygen atoms in total. The molecule has 2 unspecified atom stereocenters. The number of likely N-dealkylation sites (tertiary alicyclic amines) is 1. The molecule has 0 amide bonds. The maximum absolute atomic E-state index is 6.26. The third-order valence-electron chi connectivity index (χ3n) is 4.64. The van der Waals surface area contributed by atoms with Gasteiger partial charge in [-0.25, -0.2) is 0 Å². The van der Waals surface area contributed by atoms with Crippen molar-refractivity contribution >= 4 is 27.3 Å². The summed E-state index contributed by atoms with van der Waals surface area (Å²) in [5, 5.41) is 0. The molecule has 0 bridgehead atoms. The Morgan fingerprint density at radius 3 is 2.47 bits per heavy atom. The zero-order valence-corrected chi connectivity index (χ0v) is 14.6. The van der Waals surface area contributed by atoms with Crippen molar-refractivity contribution in [1.82, 2.24) is 4.90 Å². The molecule has 0 saturated carbocycles. The van der Waals surface area contributed by atoms with Crippen LogP contribution in [-0.2, 0) is 0 Å². The average Bonchev–Trinajstić information content (AvgIpc) is 2.78. The van der Waals surface area contributed by atoms with E-state index in [4.69, 9.17) is 5.73 Å². The van der Waals surface area contributed by atoms with Crippen LogP contribution in [0.5, 0.6) is 0 Å². The van der Waals surface area contributed by atoms with Gasteiger partial charge in [0.05, 0.1) is 9.83 Å². The van der Waals surface area contributed by atoms with E-state index in [9.17, 15) is 0 Å². The minimum absolute atomic E-state index is 0.177. The first-order valence-corrected chi connectivity index (χ1v) is 8.81. The van der Waals surface area contributed by atoms with Crippen LogP contribution in [0, 0.1) is 5.41 Å². The van der Waals surface area contributed by atoms with Crippen LogP contribution in [0.4, 0.5) is 0 Å². The average molecular weight is 345 g/mol. The highest BCUT2D eigenvalue weighted by molar-refractivity contribution is 9.11. The number of hydrogen-bond donors (Lipinski definition) is 1. The zero-order valence-electron chi connectivity index (χ0n) is 12.2. The Morgan fingerprint density at radius 1 is 1.42 bits per heavy atom. The summed E-state index contributed by atoms with van der Waals surface area (Å²) in [6, 6.07) is 4.90. The molecule has 19 heavy (non-hydrogen) atoms. The second-order valence-corrected chi connectivity index (χ2v) is 8.64. The van der Waals surface area contributed by atoms with Crippen LogP contribution in [0.25, 0.3) is 0 Å². The molecule has 2 rings (SSSR count). The first-order valence-electron chi connectivity index (χ1n) is 7.20. The van der Waals surface area contributed by atoms with E-state index in [1.807, 2.05) is 11.3 Å². The SMILES string of the molecule is CCC1(C)CCN(C(c2ccc(Br)s2)C(C)N)CC1. The summed E-state index contributed by atoms with van der Waals surface area (Å²) in [6.45, 7) is 9.21. The molecule has 4 heteroatoms. The minimum Gasteiger partial charge on any atom is -0.326 e. The molecule has 1 saturated heterocycles. The van der Waals surface area contributed by atoms with E-state index in [1.54, 1.807) is 0 Å². The van der Waals surface area contributed by atoms with Crippen LogP contribution in [0.2, 0.25) is 0 Å². The topological polar surface area (TPSA) is 29.3 Å². The van der Waals surface area contributed by atoms with Gasteiger partial charge < -0.3 is 5.73 Å². The highest BCUT2D eigenvalue weighted by Gasteiger charge is 2.33. The highest BCUT2D eigenvalue weighted by Crippen LogP contribution is 2.39. The molecule has 0 radical (unpaired) electrons. The molecule has 108 valence electrons. The highest BCUT2D eigenvalue weighted by atomic mass is 79.9.